The summed E-state index contributed by atoms with van der Waals surface area (Å²) in [4.78, 5) is 29.7. The summed E-state index contributed by atoms with van der Waals surface area (Å²) in [5.41, 5.74) is 6.90. The number of rotatable bonds is 5. The van der Waals surface area contributed by atoms with Crippen LogP contribution in [0.25, 0.3) is 0 Å². The summed E-state index contributed by atoms with van der Waals surface area (Å²) in [5.74, 6) is -0.500. The quantitative estimate of drug-likeness (QED) is 0.126. The first-order valence-electron chi connectivity index (χ1n) is 4.38. The minimum atomic E-state index is -0.815. The van der Waals surface area contributed by atoms with E-state index >= 15 is 0 Å². The molecule has 0 heterocycles. The average molecular weight is 613 g/mol. The van der Waals surface area contributed by atoms with Crippen molar-refractivity contribution in [1.82, 2.24) is 10.4 Å². The maximum absolute atomic E-state index is 10.4. The van der Waals surface area contributed by atoms with Gasteiger partial charge >= 0.3 is 12.0 Å². The van der Waals surface area contributed by atoms with E-state index < -0.39 is 12.0 Å². The zero-order chi connectivity index (χ0) is 13.1. The van der Waals surface area contributed by atoms with Crippen molar-refractivity contribution in [3.63, 3.8) is 0 Å². The van der Waals surface area contributed by atoms with Gasteiger partial charge in [0.05, 0.1) is 0 Å². The molecule has 4 N–H and O–H groups in total. The fraction of sp³-hybridized carbons (Fsp3) is 0.625. The molecule has 0 saturated carbocycles. The molecular weight excluding hydrogens is 598 g/mol. The predicted octanol–water partition coefficient (Wildman–Crippen LogP) is -0.647. The minimum Gasteiger partial charge on any atom is -0.792 e. The number of nitrogens with two attached hydrogens (primary N) is 1. The van der Waals surface area contributed by atoms with E-state index in [1.54, 1.807) is 13.8 Å². The molecule has 3 amide bonds. The summed E-state index contributed by atoms with van der Waals surface area (Å²) in [5, 5.41) is 8.83. The summed E-state index contributed by atoms with van der Waals surface area (Å²) in [6.07, 6.45) is 1.46. The van der Waals surface area contributed by atoms with Gasteiger partial charge in [0.2, 0.25) is 0 Å². The number of carbonyl (C=O) groups excluding carboxylic acids is 2. The number of nitrogens with one attached hydrogen (secondary N) is 1. The topological polar surface area (TPSA) is 113 Å². The first kappa shape index (κ1) is 25.2. The number of carbonyl (C=O) groups is 2. The van der Waals surface area contributed by atoms with E-state index in [1.165, 1.54) is 6.41 Å². The van der Waals surface area contributed by atoms with Gasteiger partial charge in [-0.2, -0.15) is 5.75 Å². The van der Waals surface area contributed by atoms with Crippen molar-refractivity contribution in [2.45, 2.75) is 26.3 Å². The Morgan fingerprint density at radius 2 is 1.94 bits per heavy atom. The van der Waals surface area contributed by atoms with Crippen LogP contribution in [0.4, 0.5) is 4.79 Å². The average Bonchev–Trinajstić information content (AvgIpc) is 2.13. The van der Waals surface area contributed by atoms with Gasteiger partial charge < -0.3 is 33.7 Å². The van der Waals surface area contributed by atoms with Gasteiger partial charge in [-0.3, -0.25) is 9.80 Å². The first-order valence-corrected chi connectivity index (χ1v) is 4.95. The van der Waals surface area contributed by atoms with Gasteiger partial charge in [0, 0.05) is 32.9 Å². The Balaban J connectivity index is -0.000000108. The van der Waals surface area contributed by atoms with Crippen molar-refractivity contribution in [3.8, 4) is 0 Å². The van der Waals surface area contributed by atoms with E-state index in [1.807, 2.05) is 5.43 Å². The van der Waals surface area contributed by atoms with Crippen LogP contribution in [0.1, 0.15) is 20.3 Å². The van der Waals surface area contributed by atoms with E-state index in [-0.39, 0.29) is 32.9 Å². The standard InChI is InChI=1S/C5H10N3O2.C3H6O2S.Fm.Pd/c1-4(2)8(5(6)10)7-3-9;4-3(5)1-2-6;;/h4H,1-2H3,(H2,6,10)(H,7,9);6H,1-2H2,(H,4,5);;/q-1;;;/p-1. The van der Waals surface area contributed by atoms with Crippen molar-refractivity contribution in [2.75, 3.05) is 5.75 Å². The molecule has 116 valence electrons. The molecule has 0 radical (unpaired) electrons. The molecule has 0 saturated heterocycles. The third-order valence-corrected chi connectivity index (χ3v) is 1.44. The molecule has 0 rings (SSSR count). The van der Waals surface area contributed by atoms with E-state index in [9.17, 15) is 14.4 Å². The summed E-state index contributed by atoms with van der Waals surface area (Å²) in [6, 6.07) is -0.850. The molecule has 7 nitrogen and oxygen atoms in total. The molecule has 0 aliphatic rings. The molecule has 0 aromatic rings. The number of hydrazine groups is 1. The van der Waals surface area contributed by atoms with Crippen molar-refractivity contribution < 1.29 is 39.9 Å². The molecule has 0 unspecified atom stereocenters. The Hall–Kier alpha value is -1.78. The zero-order valence-corrected chi connectivity index (χ0v) is 14.5. The predicted molar refractivity (Wildman–Crippen MR) is 59.9 cm³/mol. The molecule has 0 aliphatic carbocycles. The van der Waals surface area contributed by atoms with Crippen molar-refractivity contribution >= 4 is 31.0 Å². The number of hydrogen-bond acceptors (Lipinski definition) is 4. The maximum atomic E-state index is 10.4. The van der Waals surface area contributed by atoms with Crippen LogP contribution in [-0.4, -0.2) is 40.3 Å². The third kappa shape index (κ3) is 16.6. The molecule has 0 aromatic carbocycles. The van der Waals surface area contributed by atoms with Crippen LogP contribution in [0.5, 0.6) is 0 Å². The maximum Gasteiger partial charge on any atom is 0.331 e. The Morgan fingerprint density at radius 1 is 1.50 bits per heavy atom. The van der Waals surface area contributed by atoms with Crippen molar-refractivity contribution in [3.05, 3.63) is 0 Å². The summed E-state index contributed by atoms with van der Waals surface area (Å²) in [6.45, 7) is 3.43. The van der Waals surface area contributed by atoms with Crippen LogP contribution < -0.4 is 11.2 Å². The van der Waals surface area contributed by atoms with Crippen LogP contribution in [-0.2, 0) is 42.6 Å². The van der Waals surface area contributed by atoms with Gasteiger partial charge in [-0.05, 0) is 13.8 Å². The van der Waals surface area contributed by atoms with Crippen LogP contribution in [0, 0.1) is 0 Å². The largest absolute Gasteiger partial charge is 0.792 e. The number of nitrogens with zero attached hydrogens (tertiary/aromatic N) is 1. The normalized spacial score (nSPS) is 7.78. The summed E-state index contributed by atoms with van der Waals surface area (Å²) in [7, 11) is 0. The van der Waals surface area contributed by atoms with Gasteiger partial charge in [0.25, 0.3) is 0 Å². The monoisotopic (exact) mass is 612 g/mol. The van der Waals surface area contributed by atoms with Gasteiger partial charge in [-0.15, -0.1) is 6.41 Å². The Morgan fingerprint density at radius 3 is 2.00 bits per heavy atom. The molecule has 0 atom stereocenters. The molecular formula is C8H15FmN3O4PdS-2. The molecule has 18 heavy (non-hydrogen) atoms. The Labute approximate surface area is 119 Å². The third-order valence-electron chi connectivity index (χ3n) is 1.24. The molecule has 10 heteroatoms. The molecule has 0 aromatic heterocycles. The van der Waals surface area contributed by atoms with Gasteiger partial charge in [-0.25, -0.2) is 4.79 Å². The zero-order valence-electron chi connectivity index (χ0n) is 9.70. The number of carboxylic acid groups (broad SMARTS) is 1. The fourth-order valence-electron chi connectivity index (χ4n) is 0.575. The fourth-order valence-corrected chi connectivity index (χ4v) is 0.750. The number of amides is 3. The Kier molecular flexibility index (Phi) is 21.3. The number of hydrogen-bond donors (Lipinski definition) is 3. The second-order valence-corrected chi connectivity index (χ2v) is 3.27. The van der Waals surface area contributed by atoms with Gasteiger partial charge in [-0.1, -0.05) is 0 Å². The minimum absolute atomic E-state index is 0. The van der Waals surface area contributed by atoms with Crippen LogP contribution in [0.15, 0.2) is 0 Å². The molecule has 0 aliphatic heterocycles. The molecule has 0 spiro atoms. The molecule has 0 bridgehead atoms. The Bertz CT molecular complexity index is 246. The van der Waals surface area contributed by atoms with Crippen molar-refractivity contribution in [1.29, 1.82) is 0 Å². The van der Waals surface area contributed by atoms with Gasteiger partial charge in [0.1, 0.15) is 0 Å². The second-order valence-electron chi connectivity index (χ2n) is 2.86. The number of aliphatic carboxylic acids is 1. The van der Waals surface area contributed by atoms with E-state index in [0.29, 0.717) is 5.75 Å². The SMILES string of the molecule is CC(C)N(N[C-]=O)C(N)=O.O=C(O)CC[S-].[Fm].[Pd]. The molecule has 0 fully saturated rings. The summed E-state index contributed by atoms with van der Waals surface area (Å²) < 4.78 is 0. The number of carboxylic acids is 1. The second kappa shape index (κ2) is 15.2. The number of primary amides is 1. The van der Waals surface area contributed by atoms with Crippen LogP contribution in [0.3, 0.4) is 0 Å². The van der Waals surface area contributed by atoms with Crippen LogP contribution in [0.2, 0.25) is 0 Å². The first-order chi connectivity index (χ1) is 7.36. The summed E-state index contributed by atoms with van der Waals surface area (Å²) >= 11 is 4.35. The van der Waals surface area contributed by atoms with Crippen molar-refractivity contribution in [2.24, 2.45) is 5.73 Å². The smallest absolute Gasteiger partial charge is 0.331 e. The number of urea groups is 1. The van der Waals surface area contributed by atoms with E-state index in [2.05, 4.69) is 12.6 Å². The van der Waals surface area contributed by atoms with E-state index in [0.717, 1.165) is 5.01 Å². The van der Waals surface area contributed by atoms with E-state index in [4.69, 9.17) is 10.8 Å². The van der Waals surface area contributed by atoms with Gasteiger partial charge in [0.15, 0.2) is 0 Å². The van der Waals surface area contributed by atoms with Crippen LogP contribution >= 0.6 is 0 Å².